The summed E-state index contributed by atoms with van der Waals surface area (Å²) in [6, 6.07) is 39.5. The second-order valence-electron chi connectivity index (χ2n) is 16.0. The highest BCUT2D eigenvalue weighted by Crippen LogP contribution is 2.56. The number of oxazole rings is 2. The van der Waals surface area contributed by atoms with Gasteiger partial charge >= 0.3 is 0 Å². The van der Waals surface area contributed by atoms with Crippen molar-refractivity contribution in [2.24, 2.45) is 0 Å². The van der Waals surface area contributed by atoms with E-state index in [0.29, 0.717) is 34.2 Å². The summed E-state index contributed by atoms with van der Waals surface area (Å²) in [4.78, 5) is 18.5. The fourth-order valence-electron chi connectivity index (χ4n) is 8.91. The van der Waals surface area contributed by atoms with E-state index in [2.05, 4.69) is 119 Å². The summed E-state index contributed by atoms with van der Waals surface area (Å²) in [5.74, 6) is 1.20. The lowest BCUT2D eigenvalue weighted by molar-refractivity contribution is 0.401. The van der Waals surface area contributed by atoms with Crippen molar-refractivity contribution in [1.29, 1.82) is 0 Å². The van der Waals surface area contributed by atoms with E-state index >= 15 is 0 Å². The van der Waals surface area contributed by atoms with Crippen LogP contribution in [0, 0.1) is 13.8 Å². The molecule has 6 nitrogen and oxygen atoms in total. The second kappa shape index (κ2) is 15.6. The van der Waals surface area contributed by atoms with Crippen LogP contribution in [0.3, 0.4) is 0 Å². The molecule has 4 heterocycles. The first-order valence-corrected chi connectivity index (χ1v) is 20.9. The third-order valence-electron chi connectivity index (χ3n) is 12.0. The summed E-state index contributed by atoms with van der Waals surface area (Å²) < 4.78 is 12.2. The highest BCUT2D eigenvalue weighted by atomic mass is 16.4. The van der Waals surface area contributed by atoms with Crippen LogP contribution >= 0.6 is 0 Å². The number of hydrogen-bond acceptors (Lipinski definition) is 6. The molecule has 6 heteroatoms. The molecule has 9 rings (SSSR count). The van der Waals surface area contributed by atoms with E-state index in [1.54, 1.807) is 0 Å². The van der Waals surface area contributed by atoms with E-state index in [1.165, 1.54) is 95.9 Å². The number of pyridine rings is 2. The highest BCUT2D eigenvalue weighted by Gasteiger charge is 2.42. The van der Waals surface area contributed by atoms with E-state index in [-0.39, 0.29) is 5.41 Å². The summed E-state index contributed by atoms with van der Waals surface area (Å²) in [5.41, 5.74) is 17.0. The Morgan fingerprint density at radius 2 is 0.825 bits per heavy atom. The van der Waals surface area contributed by atoms with Gasteiger partial charge in [0.05, 0.1) is 0 Å². The molecule has 0 saturated heterocycles. The van der Waals surface area contributed by atoms with Crippen LogP contribution in [0.5, 0.6) is 0 Å². The molecule has 0 saturated carbocycles. The number of rotatable bonds is 14. The van der Waals surface area contributed by atoms with Crippen molar-refractivity contribution >= 4 is 22.5 Å². The maximum Gasteiger partial charge on any atom is 0.228 e. The van der Waals surface area contributed by atoms with Gasteiger partial charge in [0, 0.05) is 27.9 Å². The van der Waals surface area contributed by atoms with Crippen LogP contribution in [-0.4, -0.2) is 19.9 Å². The minimum absolute atomic E-state index is 0.0509. The summed E-state index contributed by atoms with van der Waals surface area (Å²) in [6.45, 7) is 8.56. The molecule has 286 valence electrons. The fourth-order valence-corrected chi connectivity index (χ4v) is 8.91. The summed E-state index contributed by atoms with van der Waals surface area (Å²) in [6.07, 6.45) is 12.3. The summed E-state index contributed by atoms with van der Waals surface area (Å²) >= 11 is 0. The molecule has 0 amide bonds. The molecule has 0 fully saturated rings. The quantitative estimate of drug-likeness (QED) is 0.103. The zero-order valence-electron chi connectivity index (χ0n) is 33.6. The Labute approximate surface area is 335 Å². The van der Waals surface area contributed by atoms with Gasteiger partial charge in [-0.25, -0.2) is 9.97 Å². The van der Waals surface area contributed by atoms with Crippen LogP contribution in [0.15, 0.2) is 118 Å². The largest absolute Gasteiger partial charge is 0.434 e. The minimum Gasteiger partial charge on any atom is -0.434 e. The normalized spacial score (nSPS) is 13.1. The monoisotopic (exact) mass is 750 g/mol. The molecule has 0 bridgehead atoms. The SMILES string of the molecule is CCCCCCC1(CCCCCC)c2cc(-c3ccc(-c4nc5nc(C)ccc5o4)cc3)ccc2-c2ccc(-c3ccc(-c4nc5nc(C)ccc5o4)cc3)cc21. The molecule has 57 heavy (non-hydrogen) atoms. The van der Waals surface area contributed by atoms with Crippen molar-refractivity contribution in [3.05, 3.63) is 132 Å². The Balaban J connectivity index is 1.08. The van der Waals surface area contributed by atoms with Gasteiger partial charge in [0.25, 0.3) is 0 Å². The van der Waals surface area contributed by atoms with Crippen molar-refractivity contribution in [3.63, 3.8) is 0 Å². The van der Waals surface area contributed by atoms with Gasteiger partial charge in [0.15, 0.2) is 22.5 Å². The first-order chi connectivity index (χ1) is 27.9. The lowest BCUT2D eigenvalue weighted by Gasteiger charge is -2.33. The van der Waals surface area contributed by atoms with E-state index < -0.39 is 0 Å². The van der Waals surface area contributed by atoms with Crippen molar-refractivity contribution in [1.82, 2.24) is 19.9 Å². The van der Waals surface area contributed by atoms with Gasteiger partial charge in [-0.2, -0.15) is 9.97 Å². The summed E-state index contributed by atoms with van der Waals surface area (Å²) in [7, 11) is 0. The topological polar surface area (TPSA) is 77.8 Å². The Morgan fingerprint density at radius 3 is 1.25 bits per heavy atom. The van der Waals surface area contributed by atoms with Gasteiger partial charge in [0.1, 0.15) is 0 Å². The lowest BCUT2D eigenvalue weighted by atomic mass is 9.70. The number of nitrogens with zero attached hydrogens (tertiary/aromatic N) is 4. The van der Waals surface area contributed by atoms with Gasteiger partial charge in [-0.15, -0.1) is 0 Å². The molecule has 8 aromatic rings. The first kappa shape index (κ1) is 36.7. The van der Waals surface area contributed by atoms with Crippen LogP contribution in [0.25, 0.3) is 78.7 Å². The fraction of sp³-hybridized carbons (Fsp3) is 0.294. The maximum atomic E-state index is 6.09. The van der Waals surface area contributed by atoms with Gasteiger partial charge in [0.2, 0.25) is 11.8 Å². The Hall–Kier alpha value is -5.88. The molecule has 0 unspecified atom stereocenters. The Morgan fingerprint density at radius 1 is 0.421 bits per heavy atom. The molecule has 0 radical (unpaired) electrons. The number of fused-ring (bicyclic) bond motifs is 5. The van der Waals surface area contributed by atoms with Crippen LogP contribution in [0.2, 0.25) is 0 Å². The lowest BCUT2D eigenvalue weighted by Crippen LogP contribution is -2.25. The van der Waals surface area contributed by atoms with Crippen LogP contribution in [0.4, 0.5) is 0 Å². The molecule has 0 atom stereocenters. The van der Waals surface area contributed by atoms with Crippen LogP contribution < -0.4 is 0 Å². The second-order valence-corrected chi connectivity index (χ2v) is 16.0. The van der Waals surface area contributed by atoms with E-state index in [4.69, 9.17) is 8.83 Å². The smallest absolute Gasteiger partial charge is 0.228 e. The zero-order chi connectivity index (χ0) is 38.9. The third kappa shape index (κ3) is 7.07. The highest BCUT2D eigenvalue weighted by molar-refractivity contribution is 5.87. The standard InChI is InChI=1S/C51H50N4O2/c1-5-7-9-11-29-51(30-12-10-8-6-2)43-31-39(35-15-19-37(20-16-35)49-54-47-45(56-49)27-13-33(3)52-47)23-25-41(43)42-26-24-40(32-44(42)51)36-17-21-38(22-18-36)50-55-48-46(57-50)28-14-34(4)53-48/h13-28,31-32H,5-12,29-30H2,1-4H3. The van der Waals surface area contributed by atoms with E-state index in [1.807, 2.05) is 38.1 Å². The predicted molar refractivity (Wildman–Crippen MR) is 232 cm³/mol. The molecule has 1 aliphatic rings. The van der Waals surface area contributed by atoms with Gasteiger partial charge < -0.3 is 8.83 Å². The molecule has 4 aromatic carbocycles. The molecule has 0 aliphatic heterocycles. The Bertz CT molecular complexity index is 2500. The van der Waals surface area contributed by atoms with Gasteiger partial charge in [-0.3, -0.25) is 0 Å². The molecule has 0 spiro atoms. The average molecular weight is 751 g/mol. The molecular weight excluding hydrogens is 701 g/mol. The minimum atomic E-state index is -0.0509. The van der Waals surface area contributed by atoms with Crippen LogP contribution in [0.1, 0.15) is 101 Å². The maximum absolute atomic E-state index is 6.09. The first-order valence-electron chi connectivity index (χ1n) is 20.9. The third-order valence-corrected chi connectivity index (χ3v) is 12.0. The van der Waals surface area contributed by atoms with Crippen molar-refractivity contribution < 1.29 is 8.83 Å². The van der Waals surface area contributed by atoms with Gasteiger partial charge in [-0.1, -0.05) is 114 Å². The molecule has 1 aliphatic carbocycles. The number of aromatic nitrogens is 4. The molecular formula is C51H50N4O2. The van der Waals surface area contributed by atoms with Crippen LogP contribution in [-0.2, 0) is 5.41 Å². The van der Waals surface area contributed by atoms with Crippen molar-refractivity contribution in [3.8, 4) is 56.3 Å². The molecule has 0 N–H and O–H groups in total. The average Bonchev–Trinajstić information content (AvgIpc) is 3.93. The number of benzene rings is 4. The van der Waals surface area contributed by atoms with Crippen molar-refractivity contribution in [2.75, 3.05) is 0 Å². The van der Waals surface area contributed by atoms with Gasteiger partial charge in [-0.05, 0) is 132 Å². The number of hydrogen-bond donors (Lipinski definition) is 0. The van der Waals surface area contributed by atoms with Crippen molar-refractivity contribution in [2.45, 2.75) is 97.3 Å². The molecule has 4 aromatic heterocycles. The van der Waals surface area contributed by atoms with E-state index in [0.717, 1.165) is 35.4 Å². The zero-order valence-corrected chi connectivity index (χ0v) is 33.6. The predicted octanol–water partition coefficient (Wildman–Crippen LogP) is 14.3. The Kier molecular flexibility index (Phi) is 10.0. The van der Waals surface area contributed by atoms with E-state index in [9.17, 15) is 0 Å². The number of unbranched alkanes of at least 4 members (excludes halogenated alkanes) is 6. The summed E-state index contributed by atoms with van der Waals surface area (Å²) in [5, 5.41) is 0. The number of aryl methyl sites for hydroxylation is 2.